The summed E-state index contributed by atoms with van der Waals surface area (Å²) in [5.74, 6) is 0. The summed E-state index contributed by atoms with van der Waals surface area (Å²) in [7, 11) is 0. The third kappa shape index (κ3) is 6.85. The highest BCUT2D eigenvalue weighted by Crippen LogP contribution is 2.16. The molecule has 0 unspecified atom stereocenters. The highest BCUT2D eigenvalue weighted by molar-refractivity contribution is 14.1. The molecule has 0 bridgehead atoms. The Balaban J connectivity index is 3.43. The molecule has 1 heteroatoms. The van der Waals surface area contributed by atoms with Gasteiger partial charge in [-0.15, -0.1) is 0 Å². The zero-order valence-electron chi connectivity index (χ0n) is 7.70. The van der Waals surface area contributed by atoms with Crippen molar-refractivity contribution in [3.63, 3.8) is 0 Å². The summed E-state index contributed by atoms with van der Waals surface area (Å²) in [4.78, 5) is 0. The van der Waals surface area contributed by atoms with Crippen molar-refractivity contribution in [1.29, 1.82) is 0 Å². The number of hydrogen-bond donors (Lipinski definition) is 0. The van der Waals surface area contributed by atoms with Crippen molar-refractivity contribution < 1.29 is 0 Å². The van der Waals surface area contributed by atoms with E-state index in [1.165, 1.54) is 38.5 Å². The zero-order chi connectivity index (χ0) is 8.53. The molecule has 0 aliphatic rings. The Kier molecular flexibility index (Phi) is 8.93. The number of hydrogen-bond acceptors (Lipinski definition) is 0. The third-order valence-electron chi connectivity index (χ3n) is 1.86. The Morgan fingerprint density at radius 3 is 1.82 bits per heavy atom. The summed E-state index contributed by atoms with van der Waals surface area (Å²) in [6, 6.07) is 0. The Morgan fingerprint density at radius 2 is 1.55 bits per heavy atom. The molecule has 0 nitrogen and oxygen atoms in total. The first-order valence-electron chi connectivity index (χ1n) is 4.63. The van der Waals surface area contributed by atoms with Gasteiger partial charge in [0.05, 0.1) is 0 Å². The van der Waals surface area contributed by atoms with Crippen LogP contribution < -0.4 is 0 Å². The molecule has 0 rings (SSSR count). The van der Waals surface area contributed by atoms with Gasteiger partial charge in [-0.05, 0) is 29.8 Å². The fourth-order valence-corrected chi connectivity index (χ4v) is 1.66. The van der Waals surface area contributed by atoms with E-state index in [-0.39, 0.29) is 0 Å². The number of rotatable bonds is 6. The summed E-state index contributed by atoms with van der Waals surface area (Å²) >= 11 is 2.37. The van der Waals surface area contributed by atoms with Crippen molar-refractivity contribution in [2.24, 2.45) is 0 Å². The molecule has 0 spiro atoms. The van der Waals surface area contributed by atoms with Crippen molar-refractivity contribution in [2.45, 2.75) is 52.4 Å². The molecule has 0 heterocycles. The van der Waals surface area contributed by atoms with Gasteiger partial charge in [-0.1, -0.05) is 54.9 Å². The van der Waals surface area contributed by atoms with Gasteiger partial charge >= 0.3 is 0 Å². The molecule has 0 aromatic rings. The second-order valence-corrected chi connectivity index (χ2v) is 3.60. The van der Waals surface area contributed by atoms with E-state index in [1.807, 2.05) is 0 Å². The van der Waals surface area contributed by atoms with Gasteiger partial charge in [0, 0.05) is 0 Å². The maximum atomic E-state index is 2.37. The Bertz CT molecular complexity index is 95.4. The lowest BCUT2D eigenvalue weighted by atomic mass is 10.1. The molecule has 0 N–H and O–H groups in total. The molecular formula is C10H19I. The Labute approximate surface area is 84.6 Å². The predicted octanol–water partition coefficient (Wildman–Crippen LogP) is 4.69. The molecule has 0 saturated heterocycles. The molecule has 0 amide bonds. The van der Waals surface area contributed by atoms with Crippen LogP contribution in [0.3, 0.4) is 0 Å². The monoisotopic (exact) mass is 266 g/mol. The van der Waals surface area contributed by atoms with E-state index in [1.54, 1.807) is 5.57 Å². The second kappa shape index (κ2) is 8.57. The van der Waals surface area contributed by atoms with Crippen LogP contribution in [0.5, 0.6) is 0 Å². The van der Waals surface area contributed by atoms with E-state index in [0.717, 1.165) is 0 Å². The lowest BCUT2D eigenvalue weighted by Crippen LogP contribution is -1.83. The van der Waals surface area contributed by atoms with Crippen LogP contribution in [0.2, 0.25) is 0 Å². The maximum Gasteiger partial charge on any atom is -0.0242 e. The Morgan fingerprint density at radius 1 is 1.09 bits per heavy atom. The predicted molar refractivity (Wildman–Crippen MR) is 61.2 cm³/mol. The van der Waals surface area contributed by atoms with Gasteiger partial charge in [0.2, 0.25) is 0 Å². The lowest BCUT2D eigenvalue weighted by molar-refractivity contribution is 0.715. The largest absolute Gasteiger partial charge is 0.0654 e. The van der Waals surface area contributed by atoms with Gasteiger partial charge in [-0.3, -0.25) is 0 Å². The van der Waals surface area contributed by atoms with Crippen LogP contribution in [-0.2, 0) is 0 Å². The molecule has 66 valence electrons. The van der Waals surface area contributed by atoms with Crippen molar-refractivity contribution in [3.8, 4) is 0 Å². The van der Waals surface area contributed by atoms with Crippen LogP contribution in [0.15, 0.2) is 9.66 Å². The van der Waals surface area contributed by atoms with Crippen molar-refractivity contribution >= 4 is 22.6 Å². The van der Waals surface area contributed by atoms with Crippen LogP contribution >= 0.6 is 22.6 Å². The van der Waals surface area contributed by atoms with E-state index in [0.29, 0.717) is 0 Å². The fraction of sp³-hybridized carbons (Fsp3) is 0.800. The second-order valence-electron chi connectivity index (χ2n) is 2.97. The van der Waals surface area contributed by atoms with E-state index in [4.69, 9.17) is 0 Å². The average molecular weight is 266 g/mol. The molecule has 11 heavy (non-hydrogen) atoms. The fourth-order valence-electron chi connectivity index (χ4n) is 1.04. The van der Waals surface area contributed by atoms with Crippen LogP contribution in [0.1, 0.15) is 52.4 Å². The van der Waals surface area contributed by atoms with Gasteiger partial charge < -0.3 is 0 Å². The number of halogens is 1. The van der Waals surface area contributed by atoms with E-state index in [9.17, 15) is 0 Å². The van der Waals surface area contributed by atoms with Crippen LogP contribution in [0.25, 0.3) is 0 Å². The van der Waals surface area contributed by atoms with E-state index < -0.39 is 0 Å². The first kappa shape index (κ1) is 11.5. The minimum absolute atomic E-state index is 1.32. The standard InChI is InChI=1S/C10H19I/c1-3-5-7-10(9-11)8-6-4-2/h9H,3-8H2,1-2H3. The minimum Gasteiger partial charge on any atom is -0.0654 e. The SMILES string of the molecule is CCCCC(=CI)CCCC. The smallest absolute Gasteiger partial charge is 0.0242 e. The molecule has 0 aliphatic heterocycles. The maximum absolute atomic E-state index is 2.37. The first-order chi connectivity index (χ1) is 5.35. The molecule has 0 radical (unpaired) electrons. The van der Waals surface area contributed by atoms with Gasteiger partial charge in [0.25, 0.3) is 0 Å². The van der Waals surface area contributed by atoms with Crippen LogP contribution in [-0.4, -0.2) is 0 Å². The van der Waals surface area contributed by atoms with E-state index >= 15 is 0 Å². The lowest BCUT2D eigenvalue weighted by Gasteiger charge is -2.03. The minimum atomic E-state index is 1.32. The molecule has 0 aromatic heterocycles. The van der Waals surface area contributed by atoms with Gasteiger partial charge in [0.15, 0.2) is 0 Å². The molecule has 0 aliphatic carbocycles. The summed E-state index contributed by atoms with van der Waals surface area (Å²) in [6.07, 6.45) is 8.00. The van der Waals surface area contributed by atoms with Crippen molar-refractivity contribution in [2.75, 3.05) is 0 Å². The summed E-state index contributed by atoms with van der Waals surface area (Å²) < 4.78 is 2.27. The third-order valence-corrected chi connectivity index (χ3v) is 2.74. The van der Waals surface area contributed by atoms with Crippen molar-refractivity contribution in [1.82, 2.24) is 0 Å². The van der Waals surface area contributed by atoms with Gasteiger partial charge in [0.1, 0.15) is 0 Å². The topological polar surface area (TPSA) is 0 Å². The normalized spacial score (nSPS) is 9.73. The quantitative estimate of drug-likeness (QED) is 0.612. The Hall–Kier alpha value is 0.470. The summed E-state index contributed by atoms with van der Waals surface area (Å²) in [5, 5.41) is 0. The number of allylic oxidation sites excluding steroid dienone is 1. The van der Waals surface area contributed by atoms with Gasteiger partial charge in [-0.2, -0.15) is 0 Å². The van der Waals surface area contributed by atoms with Crippen LogP contribution in [0.4, 0.5) is 0 Å². The molecular weight excluding hydrogens is 247 g/mol. The van der Waals surface area contributed by atoms with E-state index in [2.05, 4.69) is 40.5 Å². The number of unbranched alkanes of at least 4 members (excludes halogenated alkanes) is 2. The summed E-state index contributed by atoms with van der Waals surface area (Å²) in [5.41, 5.74) is 1.65. The van der Waals surface area contributed by atoms with Crippen molar-refractivity contribution in [3.05, 3.63) is 9.66 Å². The highest BCUT2D eigenvalue weighted by Gasteiger charge is 1.94. The highest BCUT2D eigenvalue weighted by atomic mass is 127. The summed E-state index contributed by atoms with van der Waals surface area (Å²) in [6.45, 7) is 4.51. The molecule has 0 saturated carbocycles. The zero-order valence-corrected chi connectivity index (χ0v) is 9.86. The first-order valence-corrected chi connectivity index (χ1v) is 5.87. The van der Waals surface area contributed by atoms with Crippen LogP contribution in [0, 0.1) is 0 Å². The van der Waals surface area contributed by atoms with Gasteiger partial charge in [-0.25, -0.2) is 0 Å². The molecule has 0 aromatic carbocycles. The molecule has 0 atom stereocenters. The average Bonchev–Trinajstić information content (AvgIpc) is 2.05. The molecule has 0 fully saturated rings.